The van der Waals surface area contributed by atoms with E-state index in [1.54, 1.807) is 24.3 Å². The lowest BCUT2D eigenvalue weighted by molar-refractivity contribution is -0.695. The molecule has 0 aliphatic carbocycles. The second kappa shape index (κ2) is 12.5. The molecule has 5 rings (SSSR count). The molecule has 0 amide bonds. The van der Waals surface area contributed by atoms with Gasteiger partial charge >= 0.3 is 11.9 Å². The van der Waals surface area contributed by atoms with Crippen LogP contribution in [-0.2, 0) is 19.5 Å². The minimum Gasteiger partial charge on any atom is -0.478 e. The Hall–Kier alpha value is -4.97. The zero-order valence-corrected chi connectivity index (χ0v) is 23.0. The van der Waals surface area contributed by atoms with Gasteiger partial charge in [-0.3, -0.25) is 0 Å². The van der Waals surface area contributed by atoms with E-state index < -0.39 is 11.9 Å². The molecular weight excluding hydrogens is 512 g/mol. The third-order valence-electron chi connectivity index (χ3n) is 7.39. The summed E-state index contributed by atoms with van der Waals surface area (Å²) in [6, 6.07) is 30.4. The molecule has 0 bridgehead atoms. The molecule has 0 spiro atoms. The summed E-state index contributed by atoms with van der Waals surface area (Å²) in [6.45, 7) is 3.63. The Kier molecular flexibility index (Phi) is 8.39. The molecule has 1 heterocycles. The molecule has 4 aromatic carbocycles. The summed E-state index contributed by atoms with van der Waals surface area (Å²) in [5, 5.41) is 19.1. The molecule has 0 aliphatic heterocycles. The van der Waals surface area contributed by atoms with Gasteiger partial charge in [0.2, 0.25) is 0 Å². The molecule has 0 radical (unpaired) electrons. The van der Waals surface area contributed by atoms with Gasteiger partial charge in [0.15, 0.2) is 0 Å². The van der Waals surface area contributed by atoms with Gasteiger partial charge in [0.05, 0.1) is 11.1 Å². The number of carbonyl (C=O) groups is 2. The van der Waals surface area contributed by atoms with Crippen LogP contribution in [-0.4, -0.2) is 26.7 Å². The molecule has 6 nitrogen and oxygen atoms in total. The topological polar surface area (TPSA) is 83.4 Å². The fourth-order valence-corrected chi connectivity index (χ4v) is 5.22. The van der Waals surface area contributed by atoms with Crippen LogP contribution in [0, 0.1) is 0 Å². The second-order valence-electron chi connectivity index (χ2n) is 10.2. The molecule has 0 fully saturated rings. The average molecular weight is 546 g/mol. The van der Waals surface area contributed by atoms with Gasteiger partial charge in [-0.15, -0.1) is 0 Å². The van der Waals surface area contributed by atoms with E-state index >= 15 is 0 Å². The van der Waals surface area contributed by atoms with Gasteiger partial charge in [-0.2, -0.15) is 0 Å². The Morgan fingerprint density at radius 3 is 1.73 bits per heavy atom. The van der Waals surface area contributed by atoms with Crippen molar-refractivity contribution >= 4 is 11.9 Å². The molecule has 41 heavy (non-hydrogen) atoms. The summed E-state index contributed by atoms with van der Waals surface area (Å²) in [6.07, 6.45) is 7.38. The molecule has 0 saturated carbocycles. The van der Waals surface area contributed by atoms with E-state index in [1.165, 1.54) is 5.82 Å². The summed E-state index contributed by atoms with van der Waals surface area (Å²) in [7, 11) is 0. The minimum atomic E-state index is -0.929. The molecule has 0 unspecified atom stereocenters. The maximum absolute atomic E-state index is 11.7. The Labute approximate surface area is 239 Å². The number of rotatable bonds is 11. The molecule has 0 saturated heterocycles. The Balaban J connectivity index is 1.35. The predicted molar refractivity (Wildman–Crippen MR) is 159 cm³/mol. The van der Waals surface area contributed by atoms with Crippen LogP contribution in [0.15, 0.2) is 109 Å². The zero-order chi connectivity index (χ0) is 28.8. The van der Waals surface area contributed by atoms with Gasteiger partial charge in [0, 0.05) is 6.42 Å². The summed E-state index contributed by atoms with van der Waals surface area (Å²) in [5.74, 6) is -0.615. The van der Waals surface area contributed by atoms with E-state index in [1.807, 2.05) is 48.5 Å². The van der Waals surface area contributed by atoms with E-state index in [0.29, 0.717) is 22.3 Å². The maximum atomic E-state index is 11.7. The highest BCUT2D eigenvalue weighted by molar-refractivity contribution is 5.96. The van der Waals surface area contributed by atoms with Gasteiger partial charge in [0.1, 0.15) is 25.5 Å². The third-order valence-corrected chi connectivity index (χ3v) is 7.39. The van der Waals surface area contributed by atoms with E-state index in [9.17, 15) is 19.8 Å². The van der Waals surface area contributed by atoms with Crippen molar-refractivity contribution < 1.29 is 24.4 Å². The second-order valence-corrected chi connectivity index (χ2v) is 10.2. The molecule has 0 aliphatic rings. The van der Waals surface area contributed by atoms with E-state index in [2.05, 4.69) is 52.7 Å². The number of carboxylic acids is 2. The predicted octanol–water partition coefficient (Wildman–Crippen LogP) is 6.95. The fourth-order valence-electron chi connectivity index (χ4n) is 5.22. The van der Waals surface area contributed by atoms with Crippen LogP contribution in [0.5, 0.6) is 0 Å². The monoisotopic (exact) mass is 545 g/mol. The quantitative estimate of drug-likeness (QED) is 0.176. The van der Waals surface area contributed by atoms with Crippen molar-refractivity contribution in [2.45, 2.75) is 39.3 Å². The molecule has 5 aromatic rings. The first kappa shape index (κ1) is 27.6. The minimum absolute atomic E-state index is 0.299. The van der Waals surface area contributed by atoms with Crippen molar-refractivity contribution in [3.8, 4) is 22.3 Å². The van der Waals surface area contributed by atoms with Crippen molar-refractivity contribution in [1.82, 2.24) is 4.57 Å². The molecular formula is C35H33N2O4+. The van der Waals surface area contributed by atoms with Gasteiger partial charge in [-0.05, 0) is 51.9 Å². The van der Waals surface area contributed by atoms with Gasteiger partial charge in [-0.25, -0.2) is 18.7 Å². The van der Waals surface area contributed by atoms with E-state index in [4.69, 9.17) is 0 Å². The van der Waals surface area contributed by atoms with Gasteiger partial charge in [-0.1, -0.05) is 98.3 Å². The first-order valence-electron chi connectivity index (χ1n) is 13.9. The van der Waals surface area contributed by atoms with Crippen molar-refractivity contribution in [3.63, 3.8) is 0 Å². The standard InChI is InChI=1S/C35H32N2O4/c1-2-3-12-33-36(23-25-13-17-27(18-14-25)29-8-4-6-10-31(29)34(38)39)21-22-37(33)24-26-15-19-28(20-16-26)30-9-5-7-11-32(30)35(40)41/h4-11,13-22H,2-3,12,23-24H2,1H3,(H-,38,39,40,41)/p+1. The largest absolute Gasteiger partial charge is 0.478 e. The van der Waals surface area contributed by atoms with Crippen molar-refractivity contribution in [3.05, 3.63) is 138 Å². The highest BCUT2D eigenvalue weighted by Crippen LogP contribution is 2.26. The molecule has 0 atom stereocenters. The molecule has 2 N–H and O–H groups in total. The number of nitrogens with zero attached hydrogens (tertiary/aromatic N) is 2. The maximum Gasteiger partial charge on any atom is 0.336 e. The highest BCUT2D eigenvalue weighted by atomic mass is 16.4. The highest BCUT2D eigenvalue weighted by Gasteiger charge is 2.18. The van der Waals surface area contributed by atoms with Gasteiger partial charge < -0.3 is 10.2 Å². The smallest absolute Gasteiger partial charge is 0.336 e. The van der Waals surface area contributed by atoms with E-state index in [-0.39, 0.29) is 0 Å². The summed E-state index contributed by atoms with van der Waals surface area (Å²) in [4.78, 5) is 23.3. The number of unbranched alkanes of at least 4 members (excludes halogenated alkanes) is 1. The number of imidazole rings is 1. The zero-order valence-electron chi connectivity index (χ0n) is 23.0. The van der Waals surface area contributed by atoms with Gasteiger partial charge in [0.25, 0.3) is 5.82 Å². The van der Waals surface area contributed by atoms with Crippen LogP contribution in [0.4, 0.5) is 0 Å². The summed E-state index contributed by atoms with van der Waals surface area (Å²) < 4.78 is 4.57. The SMILES string of the molecule is CCCCc1n(Cc2ccc(-c3ccccc3C(=O)O)cc2)cc[n+]1Cc1ccc(-c2ccccc2C(=O)O)cc1. The number of aromatic carboxylic acids is 2. The molecule has 1 aromatic heterocycles. The molecule has 206 valence electrons. The van der Waals surface area contributed by atoms with Crippen molar-refractivity contribution in [1.29, 1.82) is 0 Å². The van der Waals surface area contributed by atoms with Crippen LogP contribution < -0.4 is 4.57 Å². The summed E-state index contributed by atoms with van der Waals surface area (Å²) >= 11 is 0. The lowest BCUT2D eigenvalue weighted by Gasteiger charge is -2.09. The normalized spacial score (nSPS) is 11.0. The third kappa shape index (κ3) is 6.28. The number of carboxylic acid groups (broad SMARTS) is 2. The van der Waals surface area contributed by atoms with Crippen molar-refractivity contribution in [2.24, 2.45) is 0 Å². The van der Waals surface area contributed by atoms with Crippen LogP contribution in [0.1, 0.15) is 57.4 Å². The van der Waals surface area contributed by atoms with Crippen LogP contribution >= 0.6 is 0 Å². The molecule has 6 heteroatoms. The first-order chi connectivity index (χ1) is 19.9. The summed E-state index contributed by atoms with van der Waals surface area (Å²) in [5.41, 5.74) is 6.08. The fraction of sp³-hybridized carbons (Fsp3) is 0.171. The van der Waals surface area contributed by atoms with Crippen LogP contribution in [0.2, 0.25) is 0 Å². The number of aromatic nitrogens is 2. The number of hydrogen-bond acceptors (Lipinski definition) is 2. The van der Waals surface area contributed by atoms with Crippen molar-refractivity contribution in [2.75, 3.05) is 0 Å². The lowest BCUT2D eigenvalue weighted by atomic mass is 9.98. The average Bonchev–Trinajstić information content (AvgIpc) is 3.37. The Morgan fingerprint density at radius 2 is 1.22 bits per heavy atom. The van der Waals surface area contributed by atoms with Crippen LogP contribution in [0.25, 0.3) is 22.3 Å². The number of hydrogen-bond donors (Lipinski definition) is 2. The first-order valence-corrected chi connectivity index (χ1v) is 13.9. The lowest BCUT2D eigenvalue weighted by Crippen LogP contribution is -2.38. The van der Waals surface area contributed by atoms with E-state index in [0.717, 1.165) is 54.6 Å². The van der Waals surface area contributed by atoms with Crippen LogP contribution in [0.3, 0.4) is 0 Å². The number of benzene rings is 4. The Bertz CT molecular complexity index is 1550. The Morgan fingerprint density at radius 1 is 0.707 bits per heavy atom.